The summed E-state index contributed by atoms with van der Waals surface area (Å²) in [5, 5.41) is 14.6. The third kappa shape index (κ3) is 5.15. The molecule has 2 aliphatic rings. The average molecular weight is 515 g/mol. The average Bonchev–Trinajstić information content (AvgIpc) is 3.30. The first-order valence-corrected chi connectivity index (χ1v) is 12.4. The van der Waals surface area contributed by atoms with Crippen molar-refractivity contribution >= 4 is 35.1 Å². The molecule has 1 saturated heterocycles. The third-order valence-corrected chi connectivity index (χ3v) is 7.20. The summed E-state index contributed by atoms with van der Waals surface area (Å²) in [6.07, 6.45) is 1.82. The Morgan fingerprint density at radius 2 is 2.08 bits per heavy atom. The molecule has 36 heavy (non-hydrogen) atoms. The van der Waals surface area contributed by atoms with Crippen LogP contribution in [0.2, 0.25) is 0 Å². The summed E-state index contributed by atoms with van der Waals surface area (Å²) in [5.41, 5.74) is 1.52. The highest BCUT2D eigenvalue weighted by molar-refractivity contribution is 7.99. The second-order valence-electron chi connectivity index (χ2n) is 8.75. The van der Waals surface area contributed by atoms with Gasteiger partial charge in [-0.2, -0.15) is 4.80 Å². The minimum atomic E-state index is -2.77. The molecule has 0 spiro atoms. The molecule has 0 unspecified atom stereocenters. The quantitative estimate of drug-likeness (QED) is 0.552. The summed E-state index contributed by atoms with van der Waals surface area (Å²) in [4.78, 5) is 35.3. The van der Waals surface area contributed by atoms with Crippen LogP contribution in [-0.4, -0.2) is 74.9 Å². The number of carbonyl (C=O) groups excluding carboxylic acids is 2. The van der Waals surface area contributed by atoms with Crippen molar-refractivity contribution in [2.75, 3.05) is 35.7 Å². The van der Waals surface area contributed by atoms with Crippen LogP contribution in [0.25, 0.3) is 0 Å². The number of benzene rings is 1. The van der Waals surface area contributed by atoms with Gasteiger partial charge in [-0.3, -0.25) is 9.59 Å². The van der Waals surface area contributed by atoms with Gasteiger partial charge in [-0.25, -0.2) is 13.8 Å². The Labute approximate surface area is 210 Å². The van der Waals surface area contributed by atoms with Crippen molar-refractivity contribution in [2.24, 2.45) is 0 Å². The van der Waals surface area contributed by atoms with Gasteiger partial charge >= 0.3 is 0 Å². The fourth-order valence-electron chi connectivity index (χ4n) is 4.20. The number of hydrogen-bond acceptors (Lipinski definition) is 8. The van der Waals surface area contributed by atoms with E-state index in [0.29, 0.717) is 31.0 Å². The number of carbonyl (C=O) groups is 2. The summed E-state index contributed by atoms with van der Waals surface area (Å²) in [6.45, 7) is 0.429. The summed E-state index contributed by atoms with van der Waals surface area (Å²) >= 11 is 1.36. The van der Waals surface area contributed by atoms with E-state index in [4.69, 9.17) is 0 Å². The molecule has 4 heterocycles. The Balaban J connectivity index is 1.27. The van der Waals surface area contributed by atoms with Crippen LogP contribution in [0.4, 0.5) is 20.3 Å². The Morgan fingerprint density at radius 3 is 2.86 bits per heavy atom. The summed E-state index contributed by atoms with van der Waals surface area (Å²) in [6, 6.07) is 10.3. The van der Waals surface area contributed by atoms with Crippen molar-refractivity contribution in [1.29, 1.82) is 0 Å². The zero-order valence-corrected chi connectivity index (χ0v) is 20.3. The molecular formula is C23H24F2N8O2S. The van der Waals surface area contributed by atoms with E-state index in [2.05, 4.69) is 25.7 Å². The second kappa shape index (κ2) is 9.80. The summed E-state index contributed by atoms with van der Waals surface area (Å²) < 4.78 is 27.8. The maximum Gasteiger partial charge on any atom is 0.293 e. The van der Waals surface area contributed by atoms with Crippen molar-refractivity contribution in [1.82, 2.24) is 30.5 Å². The van der Waals surface area contributed by atoms with Crippen molar-refractivity contribution in [3.05, 3.63) is 54.0 Å². The molecule has 3 aromatic rings. The number of rotatable bonds is 5. The number of tetrazole rings is 1. The number of halogens is 2. The molecule has 2 amide bonds. The molecule has 188 valence electrons. The molecule has 1 aromatic carbocycles. The number of alkyl halides is 2. The zero-order chi connectivity index (χ0) is 25.3. The van der Waals surface area contributed by atoms with Crippen molar-refractivity contribution in [3.8, 4) is 0 Å². The van der Waals surface area contributed by atoms with Gasteiger partial charge in [0.05, 0.1) is 18.8 Å². The number of piperidine rings is 1. The minimum absolute atomic E-state index is 0.136. The SMILES string of the molecule is CN1C(=O)[C@@H](NC(=O)c2nnn(Cc3ccccc3)n2)CSc2cnc(N3CCCC(F)(F)C3)cc21. The van der Waals surface area contributed by atoms with E-state index in [-0.39, 0.29) is 23.9 Å². The fourth-order valence-corrected chi connectivity index (χ4v) is 5.24. The standard InChI is InChI=1S/C23H24F2N8O2S/c1-31-17-10-19(32-9-5-8-23(24,25)14-32)26-11-18(17)36-13-16(22(31)35)27-21(34)20-28-30-33(29-20)12-15-6-3-2-4-7-15/h2-4,6-7,10-11,16H,5,8-9,12-14H2,1H3,(H,27,34)/t16-/m0/s1. The van der Waals surface area contributed by atoms with Crippen molar-refractivity contribution in [2.45, 2.75) is 36.2 Å². The molecular weight excluding hydrogens is 490 g/mol. The lowest BCUT2D eigenvalue weighted by Crippen LogP contribution is -2.48. The molecule has 1 atom stereocenters. The molecule has 0 bridgehead atoms. The van der Waals surface area contributed by atoms with Crippen LogP contribution < -0.4 is 15.1 Å². The van der Waals surface area contributed by atoms with Crippen LogP contribution in [0.3, 0.4) is 0 Å². The van der Waals surface area contributed by atoms with E-state index < -0.39 is 24.4 Å². The first kappa shape index (κ1) is 24.1. The lowest BCUT2D eigenvalue weighted by Gasteiger charge is -2.33. The Morgan fingerprint density at radius 1 is 1.28 bits per heavy atom. The number of thioether (sulfide) groups is 1. The monoisotopic (exact) mass is 514 g/mol. The maximum absolute atomic E-state index is 13.9. The van der Waals surface area contributed by atoms with Crippen molar-refractivity contribution in [3.63, 3.8) is 0 Å². The van der Waals surface area contributed by atoms with Gasteiger partial charge < -0.3 is 15.1 Å². The lowest BCUT2D eigenvalue weighted by molar-refractivity contribution is -0.119. The molecule has 0 aliphatic carbocycles. The Hall–Kier alpha value is -3.61. The minimum Gasteiger partial charge on any atom is -0.351 e. The van der Waals surface area contributed by atoms with Gasteiger partial charge in [-0.05, 0) is 17.2 Å². The van der Waals surface area contributed by atoms with Crippen LogP contribution >= 0.6 is 11.8 Å². The van der Waals surface area contributed by atoms with Gasteiger partial charge in [0.1, 0.15) is 11.9 Å². The van der Waals surface area contributed by atoms with Gasteiger partial charge in [0, 0.05) is 42.9 Å². The molecule has 10 nitrogen and oxygen atoms in total. The number of nitrogens with zero attached hydrogens (tertiary/aromatic N) is 7. The first-order valence-electron chi connectivity index (χ1n) is 11.4. The van der Waals surface area contributed by atoms with E-state index in [0.717, 1.165) is 10.5 Å². The van der Waals surface area contributed by atoms with E-state index in [1.54, 1.807) is 24.2 Å². The first-order chi connectivity index (χ1) is 17.3. The number of likely N-dealkylation sites (N-methyl/N-ethyl adjacent to an activating group) is 1. The molecule has 2 aromatic heterocycles. The highest BCUT2D eigenvalue weighted by atomic mass is 32.2. The topological polar surface area (TPSA) is 109 Å². The molecule has 1 fully saturated rings. The van der Waals surface area contributed by atoms with Gasteiger partial charge in [-0.1, -0.05) is 30.3 Å². The van der Waals surface area contributed by atoms with E-state index in [1.165, 1.54) is 21.5 Å². The van der Waals surface area contributed by atoms with E-state index >= 15 is 0 Å². The molecule has 5 rings (SSSR count). The predicted octanol–water partition coefficient (Wildman–Crippen LogP) is 2.22. The number of amides is 2. The normalized spacial score (nSPS) is 19.5. The van der Waals surface area contributed by atoms with Crippen LogP contribution in [0, 0.1) is 0 Å². The largest absolute Gasteiger partial charge is 0.351 e. The van der Waals surface area contributed by atoms with Gasteiger partial charge in [0.15, 0.2) is 0 Å². The van der Waals surface area contributed by atoms with Crippen LogP contribution in [0.1, 0.15) is 29.0 Å². The zero-order valence-electron chi connectivity index (χ0n) is 19.5. The lowest BCUT2D eigenvalue weighted by atomic mass is 10.1. The second-order valence-corrected chi connectivity index (χ2v) is 9.82. The van der Waals surface area contributed by atoms with Gasteiger partial charge in [0.25, 0.3) is 17.7 Å². The number of fused-ring (bicyclic) bond motifs is 1. The van der Waals surface area contributed by atoms with Crippen LogP contribution in [-0.2, 0) is 11.3 Å². The van der Waals surface area contributed by atoms with Crippen LogP contribution in [0.15, 0.2) is 47.5 Å². The highest BCUT2D eigenvalue weighted by Crippen LogP contribution is 2.37. The van der Waals surface area contributed by atoms with Crippen molar-refractivity contribution < 1.29 is 18.4 Å². The highest BCUT2D eigenvalue weighted by Gasteiger charge is 2.37. The number of pyridine rings is 1. The molecule has 13 heteroatoms. The number of aromatic nitrogens is 5. The van der Waals surface area contributed by atoms with Gasteiger partial charge in [-0.15, -0.1) is 22.0 Å². The molecule has 2 aliphatic heterocycles. The van der Waals surface area contributed by atoms with Gasteiger partial charge in [0.2, 0.25) is 5.91 Å². The molecule has 0 saturated carbocycles. The summed E-state index contributed by atoms with van der Waals surface area (Å²) in [7, 11) is 1.59. The van der Waals surface area contributed by atoms with E-state index in [9.17, 15) is 18.4 Å². The smallest absolute Gasteiger partial charge is 0.293 e. The number of nitrogens with one attached hydrogen (secondary N) is 1. The molecule has 0 radical (unpaired) electrons. The van der Waals surface area contributed by atoms with E-state index in [1.807, 2.05) is 30.3 Å². The third-order valence-electron chi connectivity index (χ3n) is 6.07. The Kier molecular flexibility index (Phi) is 6.56. The van der Waals surface area contributed by atoms with Crippen LogP contribution in [0.5, 0.6) is 0 Å². The summed E-state index contributed by atoms with van der Waals surface area (Å²) in [5.74, 6) is -3.19. The number of hydrogen-bond donors (Lipinski definition) is 1. The maximum atomic E-state index is 13.9. The predicted molar refractivity (Wildman–Crippen MR) is 129 cm³/mol. The Bertz CT molecular complexity index is 1270. The fraction of sp³-hybridized carbons (Fsp3) is 0.391. The number of anilines is 2. The molecule has 1 N–H and O–H groups in total.